The fraction of sp³-hybridized carbons (Fsp3) is 0.303. The predicted octanol–water partition coefficient (Wildman–Crippen LogP) is 6.59. The molecule has 0 radical (unpaired) electrons. The number of hydrogen-bond acceptors (Lipinski definition) is 4. The van der Waals surface area contributed by atoms with Crippen molar-refractivity contribution in [3.8, 4) is 23.2 Å². The number of ether oxygens (including phenoxy) is 1. The van der Waals surface area contributed by atoms with Gasteiger partial charge >= 0.3 is 5.97 Å². The SMILES string of the molecule is CCCCOC(=O)C#Cc1ccc(Cn2c(CCC)nc3c(C)cc(-c4nc5ccccc5n4C)cc32)cc1. The number of carbonyl (C=O) groups is 1. The van der Waals surface area contributed by atoms with Crippen molar-refractivity contribution in [3.63, 3.8) is 0 Å². The number of aromatic nitrogens is 4. The minimum absolute atomic E-state index is 0.416. The third-order valence-corrected chi connectivity index (χ3v) is 6.98. The van der Waals surface area contributed by atoms with Crippen LogP contribution in [0.4, 0.5) is 0 Å². The van der Waals surface area contributed by atoms with Gasteiger partial charge in [-0.2, -0.15) is 0 Å². The molecule has 0 amide bonds. The molecule has 5 aromatic rings. The highest BCUT2D eigenvalue weighted by molar-refractivity contribution is 5.89. The first-order chi connectivity index (χ1) is 19.0. The summed E-state index contributed by atoms with van der Waals surface area (Å²) in [6.07, 6.45) is 3.75. The highest BCUT2D eigenvalue weighted by atomic mass is 16.5. The van der Waals surface area contributed by atoms with E-state index in [4.69, 9.17) is 14.7 Å². The van der Waals surface area contributed by atoms with E-state index in [1.807, 2.05) is 24.3 Å². The molecule has 0 atom stereocenters. The molecule has 2 heterocycles. The van der Waals surface area contributed by atoms with E-state index in [-0.39, 0.29) is 0 Å². The van der Waals surface area contributed by atoms with E-state index < -0.39 is 5.97 Å². The molecule has 0 spiro atoms. The molecule has 5 rings (SSSR count). The molecule has 0 aliphatic heterocycles. The van der Waals surface area contributed by atoms with Gasteiger partial charge in [-0.25, -0.2) is 14.8 Å². The summed E-state index contributed by atoms with van der Waals surface area (Å²) in [6.45, 7) is 7.48. The van der Waals surface area contributed by atoms with Gasteiger partial charge < -0.3 is 13.9 Å². The molecular formula is C33H34N4O2. The Hall–Kier alpha value is -4.37. The summed E-state index contributed by atoms with van der Waals surface area (Å²) in [4.78, 5) is 21.8. The fourth-order valence-corrected chi connectivity index (χ4v) is 4.91. The number of imidazole rings is 2. The zero-order valence-corrected chi connectivity index (χ0v) is 23.1. The molecule has 0 aliphatic carbocycles. The number of para-hydroxylation sites is 2. The van der Waals surface area contributed by atoms with Crippen LogP contribution >= 0.6 is 0 Å². The van der Waals surface area contributed by atoms with E-state index >= 15 is 0 Å². The Morgan fingerprint density at radius 1 is 0.974 bits per heavy atom. The second kappa shape index (κ2) is 11.6. The topological polar surface area (TPSA) is 61.9 Å². The Balaban J connectivity index is 1.47. The maximum absolute atomic E-state index is 11.8. The van der Waals surface area contributed by atoms with Gasteiger partial charge in [-0.1, -0.05) is 50.5 Å². The summed E-state index contributed by atoms with van der Waals surface area (Å²) in [5, 5.41) is 0. The van der Waals surface area contributed by atoms with E-state index in [0.29, 0.717) is 13.2 Å². The largest absolute Gasteiger partial charge is 0.456 e. The average Bonchev–Trinajstić information content (AvgIpc) is 3.46. The number of rotatable bonds is 8. The van der Waals surface area contributed by atoms with E-state index in [0.717, 1.165) is 81.7 Å². The van der Waals surface area contributed by atoms with Crippen molar-refractivity contribution in [2.45, 2.75) is 53.0 Å². The Morgan fingerprint density at radius 3 is 2.51 bits per heavy atom. The third-order valence-electron chi connectivity index (χ3n) is 6.98. The molecule has 0 unspecified atom stereocenters. The van der Waals surface area contributed by atoms with Gasteiger partial charge in [0.05, 0.1) is 28.7 Å². The Bertz CT molecular complexity index is 1700. The van der Waals surface area contributed by atoms with Crippen molar-refractivity contribution in [1.29, 1.82) is 0 Å². The van der Waals surface area contributed by atoms with Crippen molar-refractivity contribution < 1.29 is 9.53 Å². The fourth-order valence-electron chi connectivity index (χ4n) is 4.91. The summed E-state index contributed by atoms with van der Waals surface area (Å²) in [7, 11) is 2.07. The van der Waals surface area contributed by atoms with Gasteiger partial charge in [-0.3, -0.25) is 0 Å². The molecule has 0 aliphatic rings. The third kappa shape index (κ3) is 5.58. The molecule has 0 saturated heterocycles. The number of hydrogen-bond donors (Lipinski definition) is 0. The minimum Gasteiger partial charge on any atom is -0.456 e. The van der Waals surface area contributed by atoms with Gasteiger partial charge in [0.25, 0.3) is 0 Å². The molecule has 6 nitrogen and oxygen atoms in total. The average molecular weight is 519 g/mol. The number of benzene rings is 3. The Morgan fingerprint density at radius 2 is 1.77 bits per heavy atom. The number of nitrogens with zero attached hydrogens (tertiary/aromatic N) is 4. The van der Waals surface area contributed by atoms with Gasteiger partial charge in [-0.15, -0.1) is 0 Å². The lowest BCUT2D eigenvalue weighted by molar-refractivity contribution is -0.136. The summed E-state index contributed by atoms with van der Waals surface area (Å²) < 4.78 is 9.60. The van der Waals surface area contributed by atoms with Gasteiger partial charge in [0.2, 0.25) is 0 Å². The van der Waals surface area contributed by atoms with Crippen LogP contribution in [0, 0.1) is 18.8 Å². The van der Waals surface area contributed by atoms with Crippen molar-refractivity contribution in [3.05, 3.63) is 83.2 Å². The zero-order valence-electron chi connectivity index (χ0n) is 23.1. The van der Waals surface area contributed by atoms with Crippen molar-refractivity contribution >= 4 is 28.0 Å². The van der Waals surface area contributed by atoms with Crippen LogP contribution in [-0.2, 0) is 29.5 Å². The smallest absolute Gasteiger partial charge is 0.384 e. The molecule has 0 bridgehead atoms. The Kier molecular flexibility index (Phi) is 7.79. The van der Waals surface area contributed by atoms with Crippen LogP contribution in [0.3, 0.4) is 0 Å². The molecule has 6 heteroatoms. The molecule has 0 N–H and O–H groups in total. The van der Waals surface area contributed by atoms with Crippen molar-refractivity contribution in [1.82, 2.24) is 19.1 Å². The Labute approximate surface area is 229 Å². The van der Waals surface area contributed by atoms with Crippen LogP contribution in [0.25, 0.3) is 33.5 Å². The molecule has 0 saturated carbocycles. The normalized spacial score (nSPS) is 11.1. The van der Waals surface area contributed by atoms with E-state index in [2.05, 4.69) is 85.2 Å². The molecule has 0 fully saturated rings. The van der Waals surface area contributed by atoms with Gasteiger partial charge in [0, 0.05) is 37.1 Å². The van der Waals surface area contributed by atoms with E-state index in [1.165, 1.54) is 0 Å². The lowest BCUT2D eigenvalue weighted by Gasteiger charge is -2.11. The minimum atomic E-state index is -0.478. The highest BCUT2D eigenvalue weighted by Crippen LogP contribution is 2.30. The summed E-state index contributed by atoms with van der Waals surface area (Å²) >= 11 is 0. The maximum Gasteiger partial charge on any atom is 0.384 e. The number of unbranched alkanes of at least 4 members (excludes halogenated alkanes) is 1. The first kappa shape index (κ1) is 26.2. The quantitative estimate of drug-likeness (QED) is 0.132. The lowest BCUT2D eigenvalue weighted by Crippen LogP contribution is -2.05. The van der Waals surface area contributed by atoms with Gasteiger partial charge in [-0.05, 0) is 67.3 Å². The summed E-state index contributed by atoms with van der Waals surface area (Å²) in [5.74, 6) is 7.04. The van der Waals surface area contributed by atoms with Crippen LogP contribution in [0.2, 0.25) is 0 Å². The first-order valence-electron chi connectivity index (χ1n) is 13.7. The molecule has 198 valence electrons. The zero-order chi connectivity index (χ0) is 27.4. The summed E-state index contributed by atoms with van der Waals surface area (Å²) in [5.41, 5.74) is 8.41. The van der Waals surface area contributed by atoms with Crippen LogP contribution < -0.4 is 0 Å². The molecule has 3 aromatic carbocycles. The van der Waals surface area contributed by atoms with Crippen molar-refractivity contribution in [2.75, 3.05) is 6.61 Å². The van der Waals surface area contributed by atoms with Crippen molar-refractivity contribution in [2.24, 2.45) is 7.05 Å². The number of carbonyl (C=O) groups excluding carboxylic acids is 1. The number of aryl methyl sites for hydroxylation is 3. The lowest BCUT2D eigenvalue weighted by atomic mass is 10.1. The molecule has 2 aromatic heterocycles. The van der Waals surface area contributed by atoms with E-state index in [1.54, 1.807) is 0 Å². The van der Waals surface area contributed by atoms with Gasteiger partial charge in [0.15, 0.2) is 0 Å². The molecule has 39 heavy (non-hydrogen) atoms. The van der Waals surface area contributed by atoms with Gasteiger partial charge in [0.1, 0.15) is 11.6 Å². The highest BCUT2D eigenvalue weighted by Gasteiger charge is 2.17. The van der Waals surface area contributed by atoms with Crippen LogP contribution in [0.5, 0.6) is 0 Å². The standard InChI is InChI=1S/C33H34N4O2/c1-5-7-19-39-31(38)18-17-24-13-15-25(16-14-24)22-37-29-21-26(20-23(3)32(29)35-30(37)10-6-2)33-34-27-11-8-9-12-28(27)36(33)4/h8-9,11-16,20-21H,5-7,10,19,22H2,1-4H3. The number of esters is 1. The van der Waals surface area contributed by atoms with Crippen LogP contribution in [-0.4, -0.2) is 31.7 Å². The first-order valence-corrected chi connectivity index (χ1v) is 13.7. The van der Waals surface area contributed by atoms with Crippen LogP contribution in [0.1, 0.15) is 55.6 Å². The van der Waals surface area contributed by atoms with Crippen LogP contribution in [0.15, 0.2) is 60.7 Å². The molecular weight excluding hydrogens is 484 g/mol. The summed E-state index contributed by atoms with van der Waals surface area (Å²) in [6, 6.07) is 20.7. The monoisotopic (exact) mass is 518 g/mol. The van der Waals surface area contributed by atoms with E-state index in [9.17, 15) is 4.79 Å². The number of fused-ring (bicyclic) bond motifs is 2. The maximum atomic E-state index is 11.8. The predicted molar refractivity (Wildman–Crippen MR) is 156 cm³/mol. The second-order valence-corrected chi connectivity index (χ2v) is 9.94. The second-order valence-electron chi connectivity index (χ2n) is 9.94.